The Morgan fingerprint density at radius 3 is 2.63 bits per heavy atom. The van der Waals surface area contributed by atoms with Crippen LogP contribution in [0.4, 0.5) is 0 Å². The molecular formula is C16H19N3. The number of aromatic nitrogens is 2. The van der Waals surface area contributed by atoms with Gasteiger partial charge in [0.25, 0.3) is 0 Å². The molecule has 19 heavy (non-hydrogen) atoms. The van der Waals surface area contributed by atoms with Crippen molar-refractivity contribution in [1.29, 1.82) is 0 Å². The zero-order chi connectivity index (χ0) is 12.7. The average Bonchev–Trinajstić information content (AvgIpc) is 3.01. The third-order valence-electron chi connectivity index (χ3n) is 4.24. The largest absolute Gasteiger partial charge is 0.309 e. The van der Waals surface area contributed by atoms with Crippen molar-refractivity contribution >= 4 is 0 Å². The van der Waals surface area contributed by atoms with E-state index in [1.807, 2.05) is 0 Å². The highest BCUT2D eigenvalue weighted by atomic mass is 15.3. The van der Waals surface area contributed by atoms with Gasteiger partial charge in [-0.2, -0.15) is 5.10 Å². The van der Waals surface area contributed by atoms with Crippen molar-refractivity contribution in [1.82, 2.24) is 15.1 Å². The molecule has 3 nitrogen and oxygen atoms in total. The van der Waals surface area contributed by atoms with Crippen molar-refractivity contribution in [2.24, 2.45) is 0 Å². The van der Waals surface area contributed by atoms with E-state index in [9.17, 15) is 0 Å². The molecule has 3 heteroatoms. The summed E-state index contributed by atoms with van der Waals surface area (Å²) >= 11 is 0. The topological polar surface area (TPSA) is 29.9 Å². The van der Waals surface area contributed by atoms with Gasteiger partial charge < -0.3 is 5.32 Å². The number of hydrogen-bond acceptors (Lipinski definition) is 2. The Balaban J connectivity index is 1.81. The van der Waals surface area contributed by atoms with Gasteiger partial charge in [-0.15, -0.1) is 0 Å². The molecular weight excluding hydrogens is 234 g/mol. The van der Waals surface area contributed by atoms with E-state index in [-0.39, 0.29) is 0 Å². The minimum Gasteiger partial charge on any atom is -0.309 e. The van der Waals surface area contributed by atoms with E-state index < -0.39 is 0 Å². The fourth-order valence-corrected chi connectivity index (χ4v) is 3.12. The third-order valence-corrected chi connectivity index (χ3v) is 4.24. The summed E-state index contributed by atoms with van der Waals surface area (Å²) in [4.78, 5) is 0. The van der Waals surface area contributed by atoms with Crippen LogP contribution in [0.2, 0.25) is 0 Å². The Hall–Kier alpha value is -1.61. The fourth-order valence-electron chi connectivity index (χ4n) is 3.12. The van der Waals surface area contributed by atoms with E-state index in [0.717, 1.165) is 12.5 Å². The summed E-state index contributed by atoms with van der Waals surface area (Å²) in [6, 6.07) is 11.0. The molecule has 2 heterocycles. The second-order valence-electron chi connectivity index (χ2n) is 5.66. The molecule has 2 aliphatic rings. The molecule has 4 rings (SSSR count). The SMILES string of the molecule is c1ccc(-n2ncc(C3CC3)c2C2CCCN2)cc1. The molecule has 1 saturated heterocycles. The Labute approximate surface area is 113 Å². The summed E-state index contributed by atoms with van der Waals surface area (Å²) in [5.74, 6) is 0.759. The minimum absolute atomic E-state index is 0.485. The summed E-state index contributed by atoms with van der Waals surface area (Å²) in [6.45, 7) is 1.13. The van der Waals surface area contributed by atoms with E-state index in [1.165, 1.54) is 42.6 Å². The number of nitrogens with zero attached hydrogens (tertiary/aromatic N) is 2. The Morgan fingerprint density at radius 1 is 1.11 bits per heavy atom. The molecule has 1 saturated carbocycles. The number of benzene rings is 1. The molecule has 1 aromatic carbocycles. The maximum atomic E-state index is 4.67. The second kappa shape index (κ2) is 4.49. The third kappa shape index (κ3) is 1.98. The van der Waals surface area contributed by atoms with E-state index in [1.54, 1.807) is 0 Å². The van der Waals surface area contributed by atoms with Crippen molar-refractivity contribution in [2.75, 3.05) is 6.54 Å². The molecule has 1 aliphatic heterocycles. The van der Waals surface area contributed by atoms with Crippen LogP contribution in [-0.2, 0) is 0 Å². The maximum absolute atomic E-state index is 4.67. The predicted molar refractivity (Wildman–Crippen MR) is 75.5 cm³/mol. The molecule has 1 unspecified atom stereocenters. The molecule has 98 valence electrons. The Kier molecular flexibility index (Phi) is 2.66. The molecule has 2 aromatic rings. The molecule has 0 amide bonds. The van der Waals surface area contributed by atoms with Crippen LogP contribution < -0.4 is 5.32 Å². The smallest absolute Gasteiger partial charge is 0.0649 e. The minimum atomic E-state index is 0.485. The van der Waals surface area contributed by atoms with Gasteiger partial charge in [0.05, 0.1) is 17.6 Å². The van der Waals surface area contributed by atoms with Crippen molar-refractivity contribution < 1.29 is 0 Å². The van der Waals surface area contributed by atoms with E-state index in [4.69, 9.17) is 0 Å². The molecule has 0 spiro atoms. The van der Waals surface area contributed by atoms with Crippen LogP contribution in [0.25, 0.3) is 5.69 Å². The van der Waals surface area contributed by atoms with Gasteiger partial charge in [0.1, 0.15) is 0 Å². The molecule has 0 radical (unpaired) electrons. The fraction of sp³-hybridized carbons (Fsp3) is 0.438. The maximum Gasteiger partial charge on any atom is 0.0649 e. The summed E-state index contributed by atoms with van der Waals surface area (Å²) in [5.41, 5.74) is 4.06. The first-order valence-corrected chi connectivity index (χ1v) is 7.30. The van der Waals surface area contributed by atoms with E-state index in [2.05, 4.69) is 51.6 Å². The summed E-state index contributed by atoms with van der Waals surface area (Å²) in [7, 11) is 0. The monoisotopic (exact) mass is 253 g/mol. The van der Waals surface area contributed by atoms with Gasteiger partial charge >= 0.3 is 0 Å². The van der Waals surface area contributed by atoms with Gasteiger partial charge in [-0.1, -0.05) is 18.2 Å². The zero-order valence-electron chi connectivity index (χ0n) is 11.0. The number of para-hydroxylation sites is 1. The first-order valence-electron chi connectivity index (χ1n) is 7.30. The van der Waals surface area contributed by atoms with Gasteiger partial charge in [-0.3, -0.25) is 0 Å². The second-order valence-corrected chi connectivity index (χ2v) is 5.66. The lowest BCUT2D eigenvalue weighted by Gasteiger charge is -2.16. The van der Waals surface area contributed by atoms with Gasteiger partial charge in [0.15, 0.2) is 0 Å². The molecule has 1 N–H and O–H groups in total. The summed E-state index contributed by atoms with van der Waals surface area (Å²) in [5, 5.41) is 8.30. The van der Waals surface area contributed by atoms with E-state index >= 15 is 0 Å². The predicted octanol–water partition coefficient (Wildman–Crippen LogP) is 3.17. The Bertz CT molecular complexity index is 563. The highest BCUT2D eigenvalue weighted by molar-refractivity contribution is 5.39. The first kappa shape index (κ1) is 11.2. The van der Waals surface area contributed by atoms with Gasteiger partial charge in [-0.05, 0) is 55.8 Å². The van der Waals surface area contributed by atoms with E-state index in [0.29, 0.717) is 6.04 Å². The molecule has 1 aliphatic carbocycles. The van der Waals surface area contributed by atoms with Crippen LogP contribution in [0.15, 0.2) is 36.5 Å². The number of nitrogens with one attached hydrogen (secondary N) is 1. The standard InChI is InChI=1S/C16H19N3/c1-2-5-13(6-3-1)19-16(15-7-4-10-17-15)14(11-18-19)12-8-9-12/h1-3,5-6,11-12,15,17H,4,7-10H2. The lowest BCUT2D eigenvalue weighted by Crippen LogP contribution is -2.18. The summed E-state index contributed by atoms with van der Waals surface area (Å²) in [6.07, 6.45) is 7.27. The van der Waals surface area contributed by atoms with Crippen LogP contribution in [-0.4, -0.2) is 16.3 Å². The number of rotatable bonds is 3. The van der Waals surface area contributed by atoms with Gasteiger partial charge in [0.2, 0.25) is 0 Å². The van der Waals surface area contributed by atoms with Crippen LogP contribution in [0.1, 0.15) is 48.9 Å². The molecule has 1 atom stereocenters. The lowest BCUT2D eigenvalue weighted by atomic mass is 10.0. The Morgan fingerprint density at radius 2 is 1.95 bits per heavy atom. The molecule has 1 aromatic heterocycles. The van der Waals surface area contributed by atoms with Crippen LogP contribution in [0.3, 0.4) is 0 Å². The summed E-state index contributed by atoms with van der Waals surface area (Å²) < 4.78 is 2.15. The number of hydrogen-bond donors (Lipinski definition) is 1. The highest BCUT2D eigenvalue weighted by Crippen LogP contribution is 2.44. The van der Waals surface area contributed by atoms with Gasteiger partial charge in [-0.25, -0.2) is 4.68 Å². The van der Waals surface area contributed by atoms with Crippen LogP contribution >= 0.6 is 0 Å². The average molecular weight is 253 g/mol. The van der Waals surface area contributed by atoms with Crippen LogP contribution in [0.5, 0.6) is 0 Å². The van der Waals surface area contributed by atoms with Crippen molar-refractivity contribution in [3.05, 3.63) is 47.8 Å². The van der Waals surface area contributed by atoms with Crippen molar-refractivity contribution in [3.8, 4) is 5.69 Å². The lowest BCUT2D eigenvalue weighted by molar-refractivity contribution is 0.594. The highest BCUT2D eigenvalue weighted by Gasteiger charge is 2.33. The quantitative estimate of drug-likeness (QED) is 0.910. The van der Waals surface area contributed by atoms with Crippen molar-refractivity contribution in [2.45, 2.75) is 37.6 Å². The van der Waals surface area contributed by atoms with Crippen molar-refractivity contribution in [3.63, 3.8) is 0 Å². The normalized spacial score (nSPS) is 22.8. The molecule has 2 fully saturated rings. The first-order chi connectivity index (χ1) is 9.43. The van der Waals surface area contributed by atoms with Gasteiger partial charge in [0, 0.05) is 6.04 Å². The zero-order valence-corrected chi connectivity index (χ0v) is 11.0. The molecule has 0 bridgehead atoms. The van der Waals surface area contributed by atoms with Crippen LogP contribution in [0, 0.1) is 0 Å².